The lowest BCUT2D eigenvalue weighted by molar-refractivity contribution is -0.125. The highest BCUT2D eigenvalue weighted by molar-refractivity contribution is 7.85. The molecule has 1 N–H and O–H groups in total. The molecule has 0 bridgehead atoms. The van der Waals surface area contributed by atoms with E-state index in [9.17, 15) is 4.79 Å². The van der Waals surface area contributed by atoms with Crippen molar-refractivity contribution in [3.05, 3.63) is 11.1 Å². The van der Waals surface area contributed by atoms with Crippen molar-refractivity contribution >= 4 is 18.5 Å². The molecule has 0 unspecified atom stereocenters. The van der Waals surface area contributed by atoms with E-state index >= 15 is 0 Å². The highest BCUT2D eigenvalue weighted by atomic mass is 32.1. The lowest BCUT2D eigenvalue weighted by Gasteiger charge is -2.14. The van der Waals surface area contributed by atoms with E-state index in [1.165, 1.54) is 0 Å². The lowest BCUT2D eigenvalue weighted by atomic mass is 10.4. The molecule has 0 saturated carbocycles. The largest absolute Gasteiger partial charge is 0.393 e. The number of hydrogen-bond donors (Lipinski definition) is 2. The highest BCUT2D eigenvalue weighted by Crippen LogP contribution is 2.12. The smallest absolute Gasteiger partial charge is 0.261 e. The first-order valence-corrected chi connectivity index (χ1v) is 4.56. The van der Waals surface area contributed by atoms with E-state index in [4.69, 9.17) is 0 Å². The van der Waals surface area contributed by atoms with Gasteiger partial charge >= 0.3 is 0 Å². The van der Waals surface area contributed by atoms with Crippen LogP contribution in [0.4, 0.5) is 0 Å². The van der Waals surface area contributed by atoms with Gasteiger partial charge in [-0.2, -0.15) is 0 Å². The van der Waals surface area contributed by atoms with Gasteiger partial charge in [0.2, 0.25) is 0 Å². The number of rotatable bonds is 2. The van der Waals surface area contributed by atoms with Gasteiger partial charge in [-0.25, -0.2) is 0 Å². The van der Waals surface area contributed by atoms with Crippen molar-refractivity contribution in [1.82, 2.24) is 10.2 Å². The van der Waals surface area contributed by atoms with Gasteiger partial charge in [-0.05, 0) is 12.8 Å². The molecule has 0 spiro atoms. The molecule has 1 rings (SSSR count). The standard InChI is InChI=1S/C8H14N2OS/c1-9-6-7(12)8(11)10-4-2-3-5-10/h6,9,12H,2-5H2,1H3/b7-6-. The van der Waals surface area contributed by atoms with Crippen LogP contribution in [0.25, 0.3) is 0 Å². The zero-order chi connectivity index (χ0) is 8.97. The molecular weight excluding hydrogens is 172 g/mol. The van der Waals surface area contributed by atoms with E-state index in [0.717, 1.165) is 25.9 Å². The number of carbonyl (C=O) groups is 1. The van der Waals surface area contributed by atoms with Gasteiger partial charge < -0.3 is 10.2 Å². The van der Waals surface area contributed by atoms with E-state index in [1.54, 1.807) is 13.2 Å². The van der Waals surface area contributed by atoms with Gasteiger partial charge in [-0.3, -0.25) is 4.79 Å². The summed E-state index contributed by atoms with van der Waals surface area (Å²) in [6.45, 7) is 1.75. The van der Waals surface area contributed by atoms with Crippen LogP contribution in [0.2, 0.25) is 0 Å². The molecule has 1 fully saturated rings. The van der Waals surface area contributed by atoms with Crippen molar-refractivity contribution < 1.29 is 4.79 Å². The third-order valence-electron chi connectivity index (χ3n) is 1.89. The number of nitrogens with one attached hydrogen (secondary N) is 1. The molecule has 1 aliphatic heterocycles. The predicted molar refractivity (Wildman–Crippen MR) is 51.9 cm³/mol. The summed E-state index contributed by atoms with van der Waals surface area (Å²) in [5.74, 6) is 0.0326. The maximum Gasteiger partial charge on any atom is 0.261 e. The summed E-state index contributed by atoms with van der Waals surface area (Å²) in [6, 6.07) is 0. The van der Waals surface area contributed by atoms with Gasteiger partial charge in [-0.15, -0.1) is 12.6 Å². The third kappa shape index (κ3) is 2.17. The monoisotopic (exact) mass is 186 g/mol. The number of nitrogens with zero attached hydrogens (tertiary/aromatic N) is 1. The Hall–Kier alpha value is -0.640. The molecule has 3 nitrogen and oxygen atoms in total. The second kappa shape index (κ2) is 4.40. The first-order chi connectivity index (χ1) is 5.75. The van der Waals surface area contributed by atoms with Crippen molar-refractivity contribution in [2.45, 2.75) is 12.8 Å². The summed E-state index contributed by atoms with van der Waals surface area (Å²) < 4.78 is 0. The maximum atomic E-state index is 11.5. The molecule has 0 aromatic rings. The molecule has 0 aromatic heterocycles. The quantitative estimate of drug-likeness (QED) is 0.489. The first-order valence-electron chi connectivity index (χ1n) is 4.11. The van der Waals surface area contributed by atoms with E-state index < -0.39 is 0 Å². The van der Waals surface area contributed by atoms with Gasteiger partial charge in [0.05, 0.1) is 4.91 Å². The zero-order valence-electron chi connectivity index (χ0n) is 7.21. The summed E-state index contributed by atoms with van der Waals surface area (Å²) in [4.78, 5) is 13.8. The van der Waals surface area contributed by atoms with Crippen LogP contribution in [0, 0.1) is 0 Å². The van der Waals surface area contributed by atoms with Gasteiger partial charge in [0.15, 0.2) is 0 Å². The Bertz CT molecular complexity index is 197. The number of likely N-dealkylation sites (tertiary alicyclic amines) is 1. The van der Waals surface area contributed by atoms with Gasteiger partial charge in [0.25, 0.3) is 5.91 Å². The fourth-order valence-corrected chi connectivity index (χ4v) is 1.55. The number of thiol groups is 1. The van der Waals surface area contributed by atoms with Crippen molar-refractivity contribution in [2.24, 2.45) is 0 Å². The Balaban J connectivity index is 2.51. The van der Waals surface area contributed by atoms with Crippen LogP contribution < -0.4 is 5.32 Å². The van der Waals surface area contributed by atoms with Crippen LogP contribution in [-0.2, 0) is 4.79 Å². The SMILES string of the molecule is CN/C=C(\S)C(=O)N1CCCC1. The highest BCUT2D eigenvalue weighted by Gasteiger charge is 2.19. The zero-order valence-corrected chi connectivity index (χ0v) is 8.10. The van der Waals surface area contributed by atoms with Gasteiger partial charge in [0, 0.05) is 26.3 Å². The Morgan fingerprint density at radius 3 is 2.58 bits per heavy atom. The minimum atomic E-state index is 0.0326. The second-order valence-corrected chi connectivity index (χ2v) is 3.30. The molecule has 1 amide bonds. The van der Waals surface area contributed by atoms with E-state index in [1.807, 2.05) is 4.90 Å². The molecule has 0 aromatic carbocycles. The molecule has 0 atom stereocenters. The van der Waals surface area contributed by atoms with E-state index in [0.29, 0.717) is 4.91 Å². The van der Waals surface area contributed by atoms with Crippen molar-refractivity contribution in [3.8, 4) is 0 Å². The topological polar surface area (TPSA) is 32.3 Å². The first kappa shape index (κ1) is 9.45. The van der Waals surface area contributed by atoms with Crippen LogP contribution in [0.15, 0.2) is 11.1 Å². The minimum absolute atomic E-state index is 0.0326. The molecule has 1 aliphatic rings. The van der Waals surface area contributed by atoms with E-state index in [2.05, 4.69) is 17.9 Å². The van der Waals surface area contributed by atoms with Crippen molar-refractivity contribution in [2.75, 3.05) is 20.1 Å². The number of hydrogen-bond acceptors (Lipinski definition) is 3. The molecule has 4 heteroatoms. The van der Waals surface area contributed by atoms with Crippen LogP contribution in [0.1, 0.15) is 12.8 Å². The summed E-state index contributed by atoms with van der Waals surface area (Å²) >= 11 is 4.09. The van der Waals surface area contributed by atoms with Crippen molar-refractivity contribution in [1.29, 1.82) is 0 Å². The molecule has 0 radical (unpaired) electrons. The van der Waals surface area contributed by atoms with Crippen LogP contribution in [0.5, 0.6) is 0 Å². The number of amides is 1. The Kier molecular flexibility index (Phi) is 3.47. The fourth-order valence-electron chi connectivity index (χ4n) is 1.28. The van der Waals surface area contributed by atoms with Crippen molar-refractivity contribution in [3.63, 3.8) is 0 Å². The normalized spacial score (nSPS) is 18.2. The fraction of sp³-hybridized carbons (Fsp3) is 0.625. The molecule has 1 saturated heterocycles. The average Bonchev–Trinajstić information content (AvgIpc) is 2.55. The Morgan fingerprint density at radius 1 is 1.50 bits per heavy atom. The maximum absolute atomic E-state index is 11.5. The second-order valence-electron chi connectivity index (χ2n) is 2.82. The third-order valence-corrected chi connectivity index (χ3v) is 2.21. The van der Waals surface area contributed by atoms with Gasteiger partial charge in [-0.1, -0.05) is 0 Å². The molecular formula is C8H14N2OS. The Labute approximate surface area is 78.2 Å². The number of carbonyl (C=O) groups excluding carboxylic acids is 1. The average molecular weight is 186 g/mol. The summed E-state index contributed by atoms with van der Waals surface area (Å²) in [5, 5.41) is 2.79. The summed E-state index contributed by atoms with van der Waals surface area (Å²) in [6.07, 6.45) is 3.85. The summed E-state index contributed by atoms with van der Waals surface area (Å²) in [5.41, 5.74) is 0. The molecule has 68 valence electrons. The molecule has 12 heavy (non-hydrogen) atoms. The molecule has 0 aliphatic carbocycles. The van der Waals surface area contributed by atoms with Crippen LogP contribution >= 0.6 is 12.6 Å². The summed E-state index contributed by atoms with van der Waals surface area (Å²) in [7, 11) is 1.76. The van der Waals surface area contributed by atoms with Crippen LogP contribution in [-0.4, -0.2) is 30.9 Å². The predicted octanol–water partition coefficient (Wildman–Crippen LogP) is 0.599. The lowest BCUT2D eigenvalue weighted by Crippen LogP contribution is -2.28. The van der Waals surface area contributed by atoms with Gasteiger partial charge in [0.1, 0.15) is 0 Å². The minimum Gasteiger partial charge on any atom is -0.393 e. The van der Waals surface area contributed by atoms with Crippen LogP contribution in [0.3, 0.4) is 0 Å². The molecule has 1 heterocycles. The van der Waals surface area contributed by atoms with E-state index in [-0.39, 0.29) is 5.91 Å². The Morgan fingerprint density at radius 2 is 2.08 bits per heavy atom.